The number of ether oxygens (including phenoxy) is 1. The van der Waals surface area contributed by atoms with Gasteiger partial charge in [0.05, 0.1) is 6.61 Å². The average Bonchev–Trinajstić information content (AvgIpc) is 2.05. The summed E-state index contributed by atoms with van der Waals surface area (Å²) in [6.45, 7) is 2.82. The molecular weight excluding hydrogens is 182 g/mol. The molecule has 0 spiro atoms. The molecule has 13 heavy (non-hydrogen) atoms. The number of esters is 1. The second kappa shape index (κ2) is 4.89. The first-order valence-electron chi connectivity index (χ1n) is 4.05. The number of alkyl halides is 2. The molecule has 0 aliphatic rings. The van der Waals surface area contributed by atoms with Gasteiger partial charge in [0, 0.05) is 6.42 Å². The Hall–Kier alpha value is -1.00. The number of rotatable bonds is 5. The van der Waals surface area contributed by atoms with Gasteiger partial charge in [-0.25, -0.2) is 4.79 Å². The molecule has 0 bridgehead atoms. The molecule has 0 rings (SSSR count). The second-order valence-electron chi connectivity index (χ2n) is 2.47. The van der Waals surface area contributed by atoms with Crippen molar-refractivity contribution >= 4 is 11.8 Å². The molecule has 0 aromatic rings. The van der Waals surface area contributed by atoms with Gasteiger partial charge in [0.15, 0.2) is 0 Å². The van der Waals surface area contributed by atoms with Crippen LogP contribution < -0.4 is 0 Å². The van der Waals surface area contributed by atoms with E-state index in [2.05, 4.69) is 4.74 Å². The SMILES string of the molecule is CCCC(=O)C(F)(F)C(=O)OCC. The number of Topliss-reactive ketones (excluding diaryl/α,β-unsaturated/α-hetero) is 1. The summed E-state index contributed by atoms with van der Waals surface area (Å²) in [5, 5.41) is 0. The summed E-state index contributed by atoms with van der Waals surface area (Å²) in [4.78, 5) is 21.3. The largest absolute Gasteiger partial charge is 0.461 e. The van der Waals surface area contributed by atoms with Crippen LogP contribution in [0.4, 0.5) is 8.78 Å². The minimum atomic E-state index is -3.98. The van der Waals surface area contributed by atoms with E-state index in [-0.39, 0.29) is 19.4 Å². The zero-order chi connectivity index (χ0) is 10.5. The number of carbonyl (C=O) groups excluding carboxylic acids is 2. The molecule has 5 heteroatoms. The smallest absolute Gasteiger partial charge is 0.399 e. The van der Waals surface area contributed by atoms with Crippen LogP contribution >= 0.6 is 0 Å². The lowest BCUT2D eigenvalue weighted by molar-refractivity contribution is -0.176. The fourth-order valence-corrected chi connectivity index (χ4v) is 0.720. The van der Waals surface area contributed by atoms with E-state index in [1.54, 1.807) is 6.92 Å². The van der Waals surface area contributed by atoms with Crippen LogP contribution in [-0.4, -0.2) is 24.3 Å². The quantitative estimate of drug-likeness (QED) is 0.492. The molecule has 0 aromatic carbocycles. The van der Waals surface area contributed by atoms with Crippen LogP contribution in [0, 0.1) is 0 Å². The molecule has 0 atom stereocenters. The van der Waals surface area contributed by atoms with Crippen molar-refractivity contribution < 1.29 is 23.1 Å². The van der Waals surface area contributed by atoms with Crippen molar-refractivity contribution in [2.24, 2.45) is 0 Å². The fraction of sp³-hybridized carbons (Fsp3) is 0.750. The molecule has 0 aliphatic carbocycles. The lowest BCUT2D eigenvalue weighted by atomic mass is 10.1. The first-order chi connectivity index (χ1) is 5.96. The van der Waals surface area contributed by atoms with Crippen molar-refractivity contribution in [3.8, 4) is 0 Å². The van der Waals surface area contributed by atoms with Gasteiger partial charge in [-0.2, -0.15) is 8.78 Å². The normalized spacial score (nSPS) is 11.1. The maximum absolute atomic E-state index is 12.8. The summed E-state index contributed by atoms with van der Waals surface area (Å²) in [5.74, 6) is -7.12. The zero-order valence-corrected chi connectivity index (χ0v) is 7.60. The average molecular weight is 194 g/mol. The Labute approximate surface area is 75.1 Å². The van der Waals surface area contributed by atoms with Gasteiger partial charge in [0.1, 0.15) is 0 Å². The van der Waals surface area contributed by atoms with Crippen LogP contribution in [0.5, 0.6) is 0 Å². The molecule has 0 heterocycles. The molecule has 0 saturated carbocycles. The summed E-state index contributed by atoms with van der Waals surface area (Å²) >= 11 is 0. The fourth-order valence-electron chi connectivity index (χ4n) is 0.720. The van der Waals surface area contributed by atoms with Crippen molar-refractivity contribution in [1.82, 2.24) is 0 Å². The highest BCUT2D eigenvalue weighted by Gasteiger charge is 2.47. The highest BCUT2D eigenvalue weighted by Crippen LogP contribution is 2.19. The molecule has 3 nitrogen and oxygen atoms in total. The Kier molecular flexibility index (Phi) is 4.51. The third-order valence-electron chi connectivity index (χ3n) is 1.36. The minimum Gasteiger partial charge on any atom is -0.461 e. The molecule has 0 aromatic heterocycles. The van der Waals surface area contributed by atoms with Gasteiger partial charge in [-0.05, 0) is 13.3 Å². The number of ketones is 1. The summed E-state index contributed by atoms with van der Waals surface area (Å²) in [6.07, 6.45) is -0.0281. The van der Waals surface area contributed by atoms with Gasteiger partial charge >= 0.3 is 11.9 Å². The van der Waals surface area contributed by atoms with Gasteiger partial charge in [0.25, 0.3) is 0 Å². The third kappa shape index (κ3) is 3.08. The van der Waals surface area contributed by atoms with Gasteiger partial charge in [-0.1, -0.05) is 6.92 Å². The Morgan fingerprint density at radius 2 is 1.85 bits per heavy atom. The van der Waals surface area contributed by atoms with E-state index in [1.165, 1.54) is 6.92 Å². The van der Waals surface area contributed by atoms with Crippen molar-refractivity contribution in [1.29, 1.82) is 0 Å². The molecule has 0 fully saturated rings. The molecular formula is C8H12F2O3. The van der Waals surface area contributed by atoms with Gasteiger partial charge in [-0.15, -0.1) is 0 Å². The monoisotopic (exact) mass is 194 g/mol. The van der Waals surface area contributed by atoms with E-state index in [9.17, 15) is 18.4 Å². The third-order valence-corrected chi connectivity index (χ3v) is 1.36. The van der Waals surface area contributed by atoms with Gasteiger partial charge < -0.3 is 4.74 Å². The summed E-state index contributed by atoms with van der Waals surface area (Å²) in [5.41, 5.74) is 0. The summed E-state index contributed by atoms with van der Waals surface area (Å²) < 4.78 is 29.6. The predicted octanol–water partition coefficient (Wildman–Crippen LogP) is 1.55. The van der Waals surface area contributed by atoms with Crippen LogP contribution in [0.2, 0.25) is 0 Å². The maximum Gasteiger partial charge on any atom is 0.399 e. The predicted molar refractivity (Wildman–Crippen MR) is 41.5 cm³/mol. The first kappa shape index (κ1) is 12.0. The van der Waals surface area contributed by atoms with E-state index in [0.717, 1.165) is 0 Å². The van der Waals surface area contributed by atoms with E-state index in [0.29, 0.717) is 0 Å². The molecule has 0 radical (unpaired) electrons. The van der Waals surface area contributed by atoms with Crippen molar-refractivity contribution in [3.63, 3.8) is 0 Å². The van der Waals surface area contributed by atoms with Crippen molar-refractivity contribution in [2.45, 2.75) is 32.6 Å². The van der Waals surface area contributed by atoms with Crippen molar-refractivity contribution in [3.05, 3.63) is 0 Å². The van der Waals surface area contributed by atoms with E-state index in [4.69, 9.17) is 0 Å². The highest BCUT2D eigenvalue weighted by atomic mass is 19.3. The Balaban J connectivity index is 4.36. The Bertz CT molecular complexity index is 182. The lowest BCUT2D eigenvalue weighted by Crippen LogP contribution is -2.39. The van der Waals surface area contributed by atoms with E-state index >= 15 is 0 Å². The van der Waals surface area contributed by atoms with E-state index in [1.807, 2.05) is 0 Å². The van der Waals surface area contributed by atoms with E-state index < -0.39 is 17.7 Å². The van der Waals surface area contributed by atoms with Crippen LogP contribution in [0.3, 0.4) is 0 Å². The molecule has 0 N–H and O–H groups in total. The number of halogens is 2. The Morgan fingerprint density at radius 3 is 2.23 bits per heavy atom. The topological polar surface area (TPSA) is 43.4 Å². The highest BCUT2D eigenvalue weighted by molar-refractivity contribution is 6.05. The van der Waals surface area contributed by atoms with Gasteiger partial charge in [0.2, 0.25) is 5.78 Å². The second-order valence-corrected chi connectivity index (χ2v) is 2.47. The van der Waals surface area contributed by atoms with Gasteiger partial charge in [-0.3, -0.25) is 4.79 Å². The number of hydrogen-bond acceptors (Lipinski definition) is 3. The Morgan fingerprint density at radius 1 is 1.31 bits per heavy atom. The maximum atomic E-state index is 12.8. The van der Waals surface area contributed by atoms with Crippen LogP contribution in [0.25, 0.3) is 0 Å². The molecule has 0 amide bonds. The zero-order valence-electron chi connectivity index (χ0n) is 7.60. The van der Waals surface area contributed by atoms with Crippen LogP contribution in [0.15, 0.2) is 0 Å². The molecule has 0 saturated heterocycles. The lowest BCUT2D eigenvalue weighted by Gasteiger charge is -2.12. The van der Waals surface area contributed by atoms with Crippen LogP contribution in [-0.2, 0) is 14.3 Å². The summed E-state index contributed by atoms with van der Waals surface area (Å²) in [7, 11) is 0. The van der Waals surface area contributed by atoms with Crippen LogP contribution in [0.1, 0.15) is 26.7 Å². The number of carbonyl (C=O) groups is 2. The molecule has 76 valence electrons. The molecule has 0 aliphatic heterocycles. The minimum absolute atomic E-state index is 0.159. The van der Waals surface area contributed by atoms with Crippen molar-refractivity contribution in [2.75, 3.05) is 6.61 Å². The molecule has 0 unspecified atom stereocenters. The first-order valence-corrected chi connectivity index (χ1v) is 4.05. The number of hydrogen-bond donors (Lipinski definition) is 0. The summed E-state index contributed by atoms with van der Waals surface area (Å²) in [6, 6.07) is 0. The standard InChI is InChI=1S/C8H12F2O3/c1-3-5-6(11)8(9,10)7(12)13-4-2/h3-5H2,1-2H3.